The smallest absolute Gasteiger partial charge is 0.127 e. The standard InChI is InChI=1S/C21H30N2O/c1-2-24-21-7-4-17(5-8-21)15-22-9-11-23(12-10-22)16-20-14-18-3-6-19(20)13-18/h3-8,18-20H,2,9-16H2,1H3/p+2/t18-,19+,20-/m1/s1. The lowest BCUT2D eigenvalue weighted by molar-refractivity contribution is -1.02. The van der Waals surface area contributed by atoms with E-state index in [0.29, 0.717) is 0 Å². The summed E-state index contributed by atoms with van der Waals surface area (Å²) in [5.74, 6) is 3.80. The molecule has 3 nitrogen and oxygen atoms in total. The van der Waals surface area contributed by atoms with Crippen LogP contribution in [0.1, 0.15) is 25.3 Å². The van der Waals surface area contributed by atoms with E-state index in [0.717, 1.165) is 36.7 Å². The summed E-state index contributed by atoms with van der Waals surface area (Å²) in [6, 6.07) is 8.70. The van der Waals surface area contributed by atoms with Crippen molar-refractivity contribution in [3.05, 3.63) is 42.0 Å². The minimum atomic E-state index is 0.744. The van der Waals surface area contributed by atoms with Crippen LogP contribution < -0.4 is 14.5 Å². The van der Waals surface area contributed by atoms with Crippen molar-refractivity contribution in [2.24, 2.45) is 17.8 Å². The molecular formula is C21H32N2O+2. The molecule has 0 amide bonds. The second-order valence-corrected chi connectivity index (χ2v) is 8.00. The molecule has 24 heavy (non-hydrogen) atoms. The summed E-state index contributed by atoms with van der Waals surface area (Å²) in [5.41, 5.74) is 1.44. The van der Waals surface area contributed by atoms with Gasteiger partial charge in [0.2, 0.25) is 0 Å². The number of rotatable bonds is 6. The molecule has 1 saturated carbocycles. The first-order valence-corrected chi connectivity index (χ1v) is 9.87. The lowest BCUT2D eigenvalue weighted by atomic mass is 9.93. The maximum absolute atomic E-state index is 5.53. The molecule has 2 aliphatic carbocycles. The van der Waals surface area contributed by atoms with E-state index in [4.69, 9.17) is 4.74 Å². The van der Waals surface area contributed by atoms with Gasteiger partial charge in [0.15, 0.2) is 0 Å². The van der Waals surface area contributed by atoms with Gasteiger partial charge in [-0.15, -0.1) is 0 Å². The predicted molar refractivity (Wildman–Crippen MR) is 96.4 cm³/mol. The highest BCUT2D eigenvalue weighted by atomic mass is 16.5. The normalized spacial score (nSPS) is 34.6. The molecule has 0 unspecified atom stereocenters. The van der Waals surface area contributed by atoms with Gasteiger partial charge < -0.3 is 14.5 Å². The molecule has 3 atom stereocenters. The predicted octanol–water partition coefficient (Wildman–Crippen LogP) is 0.581. The van der Waals surface area contributed by atoms with E-state index in [9.17, 15) is 0 Å². The van der Waals surface area contributed by atoms with Crippen LogP contribution in [-0.2, 0) is 6.54 Å². The number of ether oxygens (including phenoxy) is 1. The highest BCUT2D eigenvalue weighted by Crippen LogP contribution is 2.42. The zero-order valence-corrected chi connectivity index (χ0v) is 15.0. The molecule has 130 valence electrons. The van der Waals surface area contributed by atoms with Gasteiger partial charge in [0.05, 0.1) is 13.2 Å². The largest absolute Gasteiger partial charge is 0.494 e. The van der Waals surface area contributed by atoms with Crippen LogP contribution in [0.3, 0.4) is 0 Å². The van der Waals surface area contributed by atoms with Crippen LogP contribution in [0.15, 0.2) is 36.4 Å². The van der Waals surface area contributed by atoms with E-state index < -0.39 is 0 Å². The van der Waals surface area contributed by atoms with Gasteiger partial charge in [-0.2, -0.15) is 0 Å². The lowest BCUT2D eigenvalue weighted by Crippen LogP contribution is -3.27. The van der Waals surface area contributed by atoms with E-state index in [1.165, 1.54) is 51.1 Å². The summed E-state index contributed by atoms with van der Waals surface area (Å²) < 4.78 is 5.53. The van der Waals surface area contributed by atoms with E-state index in [1.54, 1.807) is 4.90 Å². The number of nitrogens with one attached hydrogen (secondary N) is 2. The van der Waals surface area contributed by atoms with Crippen molar-refractivity contribution < 1.29 is 14.5 Å². The molecule has 2 fully saturated rings. The van der Waals surface area contributed by atoms with Crippen LogP contribution in [0.4, 0.5) is 0 Å². The van der Waals surface area contributed by atoms with Gasteiger partial charge in [0.1, 0.15) is 38.5 Å². The summed E-state index contributed by atoms with van der Waals surface area (Å²) >= 11 is 0. The Morgan fingerprint density at radius 1 is 0.958 bits per heavy atom. The minimum absolute atomic E-state index is 0.744. The molecule has 0 aromatic heterocycles. The van der Waals surface area contributed by atoms with Crippen molar-refractivity contribution in [2.75, 3.05) is 39.3 Å². The van der Waals surface area contributed by atoms with E-state index in [1.807, 2.05) is 11.8 Å². The van der Waals surface area contributed by atoms with Gasteiger partial charge in [-0.25, -0.2) is 0 Å². The summed E-state index contributed by atoms with van der Waals surface area (Å²) in [6.07, 6.45) is 7.89. The van der Waals surface area contributed by atoms with Crippen molar-refractivity contribution in [2.45, 2.75) is 26.3 Å². The Kier molecular flexibility index (Phi) is 4.91. The average molecular weight is 329 g/mol. The number of hydrogen-bond acceptors (Lipinski definition) is 1. The molecule has 2 bridgehead atoms. The van der Waals surface area contributed by atoms with Gasteiger partial charge in [-0.05, 0) is 55.9 Å². The quantitative estimate of drug-likeness (QED) is 0.731. The summed E-state index contributed by atoms with van der Waals surface area (Å²) in [5, 5.41) is 0. The highest BCUT2D eigenvalue weighted by molar-refractivity contribution is 5.26. The summed E-state index contributed by atoms with van der Waals surface area (Å²) in [6.45, 7) is 10.7. The second kappa shape index (κ2) is 7.28. The molecule has 1 saturated heterocycles. The highest BCUT2D eigenvalue weighted by Gasteiger charge is 2.38. The van der Waals surface area contributed by atoms with Crippen LogP contribution in [0.5, 0.6) is 5.75 Å². The Labute approximate surface area is 146 Å². The van der Waals surface area contributed by atoms with Crippen LogP contribution in [0.2, 0.25) is 0 Å². The molecule has 2 N–H and O–H groups in total. The Balaban J connectivity index is 1.22. The minimum Gasteiger partial charge on any atom is -0.494 e. The van der Waals surface area contributed by atoms with Gasteiger partial charge in [0.25, 0.3) is 0 Å². The maximum Gasteiger partial charge on any atom is 0.127 e. The number of allylic oxidation sites excluding steroid dienone is 2. The first-order valence-electron chi connectivity index (χ1n) is 9.87. The third kappa shape index (κ3) is 3.68. The molecule has 0 spiro atoms. The average Bonchev–Trinajstić information content (AvgIpc) is 3.22. The first kappa shape index (κ1) is 16.2. The molecule has 1 heterocycles. The first-order chi connectivity index (χ1) is 11.8. The number of hydrogen-bond donors (Lipinski definition) is 2. The molecule has 4 rings (SSSR count). The zero-order valence-electron chi connectivity index (χ0n) is 15.0. The van der Waals surface area contributed by atoms with Crippen molar-refractivity contribution in [3.63, 3.8) is 0 Å². The van der Waals surface area contributed by atoms with Crippen molar-refractivity contribution in [3.8, 4) is 5.75 Å². The molecule has 3 heteroatoms. The van der Waals surface area contributed by atoms with E-state index >= 15 is 0 Å². The topological polar surface area (TPSA) is 18.1 Å². The Hall–Kier alpha value is -1.32. The van der Waals surface area contributed by atoms with Gasteiger partial charge in [-0.3, -0.25) is 0 Å². The van der Waals surface area contributed by atoms with E-state index in [-0.39, 0.29) is 0 Å². The number of quaternary nitrogens is 2. The number of fused-ring (bicyclic) bond motifs is 2. The third-order valence-corrected chi connectivity index (χ3v) is 6.32. The molecule has 1 aliphatic heterocycles. The van der Waals surface area contributed by atoms with Crippen LogP contribution >= 0.6 is 0 Å². The fourth-order valence-corrected chi connectivity index (χ4v) is 5.00. The monoisotopic (exact) mass is 328 g/mol. The van der Waals surface area contributed by atoms with Crippen molar-refractivity contribution in [1.82, 2.24) is 0 Å². The molecule has 0 radical (unpaired) electrons. The molecule has 3 aliphatic rings. The van der Waals surface area contributed by atoms with Crippen molar-refractivity contribution >= 4 is 0 Å². The SMILES string of the molecule is CCOc1ccc(C[NH+]2CC[NH+](C[C@H]3C[C@@H]4C=C[C@H]3C4)CC2)cc1. The van der Waals surface area contributed by atoms with Crippen LogP contribution in [0.25, 0.3) is 0 Å². The summed E-state index contributed by atoms with van der Waals surface area (Å²) in [4.78, 5) is 3.60. The van der Waals surface area contributed by atoms with Gasteiger partial charge in [-0.1, -0.05) is 12.2 Å². The zero-order chi connectivity index (χ0) is 16.4. The summed E-state index contributed by atoms with van der Waals surface area (Å²) in [7, 11) is 0. The fourth-order valence-electron chi connectivity index (χ4n) is 5.00. The van der Waals surface area contributed by atoms with Crippen molar-refractivity contribution in [1.29, 1.82) is 0 Å². The number of piperazine rings is 1. The van der Waals surface area contributed by atoms with E-state index in [2.05, 4.69) is 36.4 Å². The molecule has 1 aromatic rings. The number of benzene rings is 1. The fraction of sp³-hybridized carbons (Fsp3) is 0.619. The van der Waals surface area contributed by atoms with Crippen LogP contribution in [0, 0.1) is 17.8 Å². The third-order valence-electron chi connectivity index (χ3n) is 6.32. The van der Waals surface area contributed by atoms with Gasteiger partial charge in [0, 0.05) is 11.5 Å². The lowest BCUT2D eigenvalue weighted by Gasteiger charge is -2.32. The van der Waals surface area contributed by atoms with Crippen LogP contribution in [-0.4, -0.2) is 39.3 Å². The van der Waals surface area contributed by atoms with Gasteiger partial charge >= 0.3 is 0 Å². The Bertz CT molecular complexity index is 560. The molecule has 1 aromatic carbocycles. The second-order valence-electron chi connectivity index (χ2n) is 8.00. The maximum atomic E-state index is 5.53. The molecular weight excluding hydrogens is 296 g/mol. The Morgan fingerprint density at radius 2 is 1.71 bits per heavy atom. The Morgan fingerprint density at radius 3 is 2.33 bits per heavy atom.